The summed E-state index contributed by atoms with van der Waals surface area (Å²) >= 11 is 0. The Balaban J connectivity index is 2.56. The van der Waals surface area contributed by atoms with Crippen molar-refractivity contribution in [2.45, 2.75) is 20.8 Å². The van der Waals surface area contributed by atoms with Gasteiger partial charge in [0.2, 0.25) is 0 Å². The first-order chi connectivity index (χ1) is 10.1. The molecule has 0 bridgehead atoms. The quantitative estimate of drug-likeness (QED) is 0.914. The largest absolute Gasteiger partial charge is 0.477 e. The minimum Gasteiger partial charge on any atom is -0.477 e. The summed E-state index contributed by atoms with van der Waals surface area (Å²) in [7, 11) is 0. The van der Waals surface area contributed by atoms with E-state index >= 15 is 0 Å². The van der Waals surface area contributed by atoms with Crippen LogP contribution in [0.2, 0.25) is 0 Å². The van der Waals surface area contributed by atoms with E-state index < -0.39 is 5.97 Å². The summed E-state index contributed by atoms with van der Waals surface area (Å²) < 4.78 is 0. The third-order valence-electron chi connectivity index (χ3n) is 3.34. The number of aryl methyl sites for hydroxylation is 1. The molecular weight excluding hydrogens is 266 g/mol. The zero-order chi connectivity index (χ0) is 15.4. The van der Waals surface area contributed by atoms with Crippen LogP contribution >= 0.6 is 0 Å². The minimum absolute atomic E-state index is 0.134. The summed E-state index contributed by atoms with van der Waals surface area (Å²) in [5, 5.41) is 9.30. The standard InChI is InChI=1S/C16H19N3O2/c1-4-19(5-2)15-13(16(20)21)10-17-14(18-15)12-8-6-7-11(3)9-12/h6-10H,4-5H2,1-3H3,(H,20,21). The monoisotopic (exact) mass is 285 g/mol. The van der Waals surface area contributed by atoms with Gasteiger partial charge in [-0.05, 0) is 26.8 Å². The molecule has 0 unspecified atom stereocenters. The maximum Gasteiger partial charge on any atom is 0.341 e. The van der Waals surface area contributed by atoms with Crippen molar-refractivity contribution >= 4 is 11.8 Å². The van der Waals surface area contributed by atoms with Gasteiger partial charge in [0.25, 0.3) is 0 Å². The summed E-state index contributed by atoms with van der Waals surface area (Å²) in [6, 6.07) is 7.85. The van der Waals surface area contributed by atoms with Gasteiger partial charge >= 0.3 is 5.97 Å². The highest BCUT2D eigenvalue weighted by atomic mass is 16.4. The highest BCUT2D eigenvalue weighted by Gasteiger charge is 2.18. The Hall–Kier alpha value is -2.43. The van der Waals surface area contributed by atoms with E-state index in [1.807, 2.05) is 49.9 Å². The first-order valence-corrected chi connectivity index (χ1v) is 6.99. The number of aromatic nitrogens is 2. The molecule has 21 heavy (non-hydrogen) atoms. The lowest BCUT2D eigenvalue weighted by atomic mass is 10.1. The van der Waals surface area contributed by atoms with E-state index in [0.717, 1.165) is 11.1 Å². The molecule has 110 valence electrons. The summed E-state index contributed by atoms with van der Waals surface area (Å²) in [6.45, 7) is 7.34. The van der Waals surface area contributed by atoms with Gasteiger partial charge in [0.1, 0.15) is 11.4 Å². The smallest absolute Gasteiger partial charge is 0.341 e. The van der Waals surface area contributed by atoms with Crippen molar-refractivity contribution in [1.29, 1.82) is 0 Å². The summed E-state index contributed by atoms with van der Waals surface area (Å²) in [5.74, 6) is 0.0114. The molecule has 0 saturated heterocycles. The van der Waals surface area contributed by atoms with Crippen molar-refractivity contribution in [3.8, 4) is 11.4 Å². The third kappa shape index (κ3) is 3.18. The number of carbonyl (C=O) groups is 1. The van der Waals surface area contributed by atoms with Gasteiger partial charge in [-0.15, -0.1) is 0 Å². The molecule has 1 aromatic heterocycles. The minimum atomic E-state index is -1.01. The zero-order valence-corrected chi connectivity index (χ0v) is 12.5. The molecule has 0 saturated carbocycles. The first-order valence-electron chi connectivity index (χ1n) is 6.99. The molecule has 1 heterocycles. The van der Waals surface area contributed by atoms with Crippen LogP contribution in [-0.4, -0.2) is 34.1 Å². The fourth-order valence-corrected chi connectivity index (χ4v) is 2.21. The molecule has 0 atom stereocenters. The van der Waals surface area contributed by atoms with Crippen LogP contribution in [0, 0.1) is 6.92 Å². The van der Waals surface area contributed by atoms with Crippen LogP contribution in [0.4, 0.5) is 5.82 Å². The Morgan fingerprint density at radius 3 is 2.57 bits per heavy atom. The van der Waals surface area contributed by atoms with Gasteiger partial charge in [0.15, 0.2) is 5.82 Å². The molecule has 1 aromatic carbocycles. The number of nitrogens with zero attached hydrogens (tertiary/aromatic N) is 3. The van der Waals surface area contributed by atoms with Crippen molar-refractivity contribution in [2.24, 2.45) is 0 Å². The van der Waals surface area contributed by atoms with Crippen LogP contribution in [0.3, 0.4) is 0 Å². The van der Waals surface area contributed by atoms with Gasteiger partial charge in [-0.25, -0.2) is 14.8 Å². The van der Waals surface area contributed by atoms with Crippen molar-refractivity contribution in [1.82, 2.24) is 9.97 Å². The molecule has 0 spiro atoms. The number of carboxylic acid groups (broad SMARTS) is 1. The zero-order valence-electron chi connectivity index (χ0n) is 12.5. The maximum atomic E-state index is 11.4. The average molecular weight is 285 g/mol. The summed E-state index contributed by atoms with van der Waals surface area (Å²) in [4.78, 5) is 22.0. The normalized spacial score (nSPS) is 10.4. The second kappa shape index (κ2) is 6.35. The van der Waals surface area contributed by atoms with E-state index in [9.17, 15) is 9.90 Å². The van der Waals surface area contributed by atoms with Crippen LogP contribution in [0.25, 0.3) is 11.4 Å². The second-order valence-corrected chi connectivity index (χ2v) is 4.78. The Morgan fingerprint density at radius 2 is 2.00 bits per heavy atom. The Bertz CT molecular complexity index is 652. The number of benzene rings is 1. The molecule has 0 aliphatic rings. The topological polar surface area (TPSA) is 66.3 Å². The number of hydrogen-bond donors (Lipinski definition) is 1. The molecular formula is C16H19N3O2. The van der Waals surface area contributed by atoms with E-state index in [2.05, 4.69) is 9.97 Å². The van der Waals surface area contributed by atoms with E-state index in [4.69, 9.17) is 0 Å². The van der Waals surface area contributed by atoms with Crippen molar-refractivity contribution in [3.63, 3.8) is 0 Å². The van der Waals surface area contributed by atoms with Crippen LogP contribution in [0.15, 0.2) is 30.5 Å². The SMILES string of the molecule is CCN(CC)c1nc(-c2cccc(C)c2)ncc1C(=O)O. The van der Waals surface area contributed by atoms with Crippen molar-refractivity contribution < 1.29 is 9.90 Å². The molecule has 1 N–H and O–H groups in total. The van der Waals surface area contributed by atoms with Gasteiger partial charge in [0.05, 0.1) is 0 Å². The van der Waals surface area contributed by atoms with E-state index in [1.54, 1.807) is 0 Å². The van der Waals surface area contributed by atoms with E-state index in [0.29, 0.717) is 24.7 Å². The van der Waals surface area contributed by atoms with Crippen LogP contribution < -0.4 is 4.90 Å². The van der Waals surface area contributed by atoms with Gasteiger partial charge in [0, 0.05) is 24.8 Å². The lowest BCUT2D eigenvalue weighted by Crippen LogP contribution is -2.26. The highest BCUT2D eigenvalue weighted by Crippen LogP contribution is 2.23. The summed E-state index contributed by atoms with van der Waals surface area (Å²) in [5.41, 5.74) is 2.14. The van der Waals surface area contributed by atoms with Gasteiger partial charge in [-0.1, -0.05) is 23.8 Å². The fourth-order valence-electron chi connectivity index (χ4n) is 2.21. The third-order valence-corrected chi connectivity index (χ3v) is 3.34. The Morgan fingerprint density at radius 1 is 1.29 bits per heavy atom. The first kappa shape index (κ1) is 15.0. The number of aromatic carboxylic acids is 1. The van der Waals surface area contributed by atoms with Gasteiger partial charge in [-0.3, -0.25) is 0 Å². The van der Waals surface area contributed by atoms with Crippen molar-refractivity contribution in [2.75, 3.05) is 18.0 Å². The highest BCUT2D eigenvalue weighted by molar-refractivity contribution is 5.93. The van der Waals surface area contributed by atoms with Crippen LogP contribution in [-0.2, 0) is 0 Å². The fraction of sp³-hybridized carbons (Fsp3) is 0.312. The van der Waals surface area contributed by atoms with Crippen LogP contribution in [0.5, 0.6) is 0 Å². The number of carboxylic acids is 1. The molecule has 5 nitrogen and oxygen atoms in total. The van der Waals surface area contributed by atoms with Gasteiger partial charge in [-0.2, -0.15) is 0 Å². The lowest BCUT2D eigenvalue weighted by molar-refractivity contribution is 0.0696. The lowest BCUT2D eigenvalue weighted by Gasteiger charge is -2.21. The molecule has 5 heteroatoms. The summed E-state index contributed by atoms with van der Waals surface area (Å²) in [6.07, 6.45) is 1.39. The number of hydrogen-bond acceptors (Lipinski definition) is 4. The molecule has 0 fully saturated rings. The molecule has 0 aliphatic carbocycles. The Kier molecular flexibility index (Phi) is 4.52. The maximum absolute atomic E-state index is 11.4. The number of rotatable bonds is 5. The number of anilines is 1. The average Bonchev–Trinajstić information content (AvgIpc) is 2.48. The van der Waals surface area contributed by atoms with E-state index in [1.165, 1.54) is 6.20 Å². The molecule has 0 radical (unpaired) electrons. The second-order valence-electron chi connectivity index (χ2n) is 4.78. The predicted octanol–water partition coefficient (Wildman–Crippen LogP) is 3.00. The van der Waals surface area contributed by atoms with Crippen molar-refractivity contribution in [3.05, 3.63) is 41.6 Å². The van der Waals surface area contributed by atoms with Gasteiger partial charge < -0.3 is 10.0 Å². The molecule has 2 rings (SSSR count). The molecule has 0 aliphatic heterocycles. The van der Waals surface area contributed by atoms with Crippen LogP contribution in [0.1, 0.15) is 29.8 Å². The predicted molar refractivity (Wildman–Crippen MR) is 82.7 cm³/mol. The molecule has 0 amide bonds. The van der Waals surface area contributed by atoms with E-state index in [-0.39, 0.29) is 5.56 Å². The molecule has 2 aromatic rings. The Labute approximate surface area is 124 Å².